The fourth-order valence-electron chi connectivity index (χ4n) is 4.13. The number of rotatable bonds is 7. The Balaban J connectivity index is 1.40. The highest BCUT2D eigenvalue weighted by Gasteiger charge is 2.36. The fraction of sp³-hybridized carbons (Fsp3) is 0.0667. The topological polar surface area (TPSA) is 46.6 Å². The Morgan fingerprint density at radius 3 is 2.44 bits per heavy atom. The summed E-state index contributed by atoms with van der Waals surface area (Å²) in [5.41, 5.74) is 3.38. The van der Waals surface area contributed by atoms with E-state index in [-0.39, 0.29) is 11.1 Å². The van der Waals surface area contributed by atoms with E-state index in [4.69, 9.17) is 4.74 Å². The number of para-hydroxylation sites is 1. The van der Waals surface area contributed by atoms with Gasteiger partial charge >= 0.3 is 0 Å². The van der Waals surface area contributed by atoms with Gasteiger partial charge in [-0.1, -0.05) is 60.7 Å². The van der Waals surface area contributed by atoms with E-state index in [9.17, 15) is 9.59 Å². The molecule has 0 aliphatic carbocycles. The number of carbonyl (C=O) groups excluding carboxylic acids is 2. The van der Waals surface area contributed by atoms with Gasteiger partial charge in [-0.05, 0) is 98.0 Å². The molecule has 1 heterocycles. The van der Waals surface area contributed by atoms with Gasteiger partial charge in [-0.3, -0.25) is 9.59 Å². The average Bonchev–Trinajstić information content (AvgIpc) is 3.16. The van der Waals surface area contributed by atoms with Crippen LogP contribution in [0.5, 0.6) is 5.75 Å². The number of halogens is 1. The molecule has 1 saturated heterocycles. The van der Waals surface area contributed by atoms with E-state index in [0.717, 1.165) is 38.7 Å². The molecule has 4 aromatic rings. The molecule has 0 unspecified atom stereocenters. The summed E-state index contributed by atoms with van der Waals surface area (Å²) in [5, 5.41) is 2.05. The second kappa shape index (κ2) is 10.6. The van der Waals surface area contributed by atoms with Gasteiger partial charge in [0, 0.05) is 0 Å². The lowest BCUT2D eigenvalue weighted by molar-refractivity contribution is -0.113. The van der Waals surface area contributed by atoms with E-state index in [2.05, 4.69) is 52.8 Å². The molecular formula is C30H22BrNO3S. The number of nitrogens with zero attached hydrogens (tertiary/aromatic N) is 1. The van der Waals surface area contributed by atoms with Crippen LogP contribution in [0.1, 0.15) is 16.7 Å². The van der Waals surface area contributed by atoms with Crippen molar-refractivity contribution in [2.45, 2.75) is 13.0 Å². The molecule has 0 atom stereocenters. The van der Waals surface area contributed by atoms with Gasteiger partial charge in [0.25, 0.3) is 11.1 Å². The molecule has 0 bridgehead atoms. The number of benzene rings is 4. The number of hydrogen-bond acceptors (Lipinski definition) is 4. The number of imide groups is 1. The third-order valence-corrected chi connectivity index (χ3v) is 7.27. The average molecular weight is 556 g/mol. The van der Waals surface area contributed by atoms with Crippen molar-refractivity contribution in [2.24, 2.45) is 0 Å². The van der Waals surface area contributed by atoms with Gasteiger partial charge in [-0.2, -0.15) is 0 Å². The van der Waals surface area contributed by atoms with Crippen molar-refractivity contribution in [2.75, 3.05) is 4.90 Å². The number of amides is 2. The smallest absolute Gasteiger partial charge is 0.298 e. The summed E-state index contributed by atoms with van der Waals surface area (Å²) in [6.07, 6.45) is 4.16. The third-order valence-electron chi connectivity index (χ3n) is 5.81. The Kier molecular flexibility index (Phi) is 7.07. The summed E-state index contributed by atoms with van der Waals surface area (Å²) in [6.45, 7) is 4.30. The lowest BCUT2D eigenvalue weighted by atomic mass is 10.1. The lowest BCUT2D eigenvalue weighted by Gasteiger charge is -2.15. The van der Waals surface area contributed by atoms with Crippen molar-refractivity contribution < 1.29 is 14.3 Å². The van der Waals surface area contributed by atoms with Crippen LogP contribution in [0.15, 0.2) is 107 Å². The molecule has 0 spiro atoms. The predicted molar refractivity (Wildman–Crippen MR) is 151 cm³/mol. The molecule has 0 saturated carbocycles. The van der Waals surface area contributed by atoms with Crippen LogP contribution in [0, 0.1) is 0 Å². The summed E-state index contributed by atoms with van der Waals surface area (Å²) >= 11 is 4.59. The normalized spacial score (nSPS) is 14.6. The fourth-order valence-corrected chi connectivity index (χ4v) is 5.60. The first-order valence-corrected chi connectivity index (χ1v) is 13.0. The molecule has 2 amide bonds. The highest BCUT2D eigenvalue weighted by atomic mass is 79.9. The van der Waals surface area contributed by atoms with Crippen LogP contribution in [0.3, 0.4) is 0 Å². The van der Waals surface area contributed by atoms with Crippen molar-refractivity contribution in [1.29, 1.82) is 0 Å². The zero-order chi connectivity index (χ0) is 25.1. The van der Waals surface area contributed by atoms with E-state index in [1.807, 2.05) is 36.4 Å². The van der Waals surface area contributed by atoms with Crippen molar-refractivity contribution in [3.63, 3.8) is 0 Å². The minimum atomic E-state index is -0.325. The molecule has 5 rings (SSSR count). The summed E-state index contributed by atoms with van der Waals surface area (Å²) in [7, 11) is 0. The third kappa shape index (κ3) is 5.01. The standard InChI is InChI=1S/C30H22BrNO3S/c1-2-8-24-16-21(18-27-29(33)32(30(34)36-27)25-11-4-3-5-12-25)17-26(31)28(24)35-19-20-13-14-22-9-6-7-10-23(22)15-20/h2-7,9-18H,1,8,19H2/b27-18-. The number of ether oxygens (including phenoxy) is 1. The second-order valence-electron chi connectivity index (χ2n) is 8.31. The van der Waals surface area contributed by atoms with Gasteiger partial charge in [-0.15, -0.1) is 6.58 Å². The molecule has 0 aromatic heterocycles. The molecule has 1 aliphatic heterocycles. The molecular weight excluding hydrogens is 534 g/mol. The van der Waals surface area contributed by atoms with Gasteiger partial charge in [0.1, 0.15) is 12.4 Å². The maximum absolute atomic E-state index is 13.0. The van der Waals surface area contributed by atoms with E-state index < -0.39 is 0 Å². The largest absolute Gasteiger partial charge is 0.487 e. The zero-order valence-electron chi connectivity index (χ0n) is 19.3. The van der Waals surface area contributed by atoms with Crippen LogP contribution in [-0.2, 0) is 17.8 Å². The molecule has 0 radical (unpaired) electrons. The number of carbonyl (C=O) groups is 2. The monoisotopic (exact) mass is 555 g/mol. The highest BCUT2D eigenvalue weighted by molar-refractivity contribution is 9.10. The first-order valence-electron chi connectivity index (χ1n) is 11.4. The Morgan fingerprint density at radius 2 is 1.67 bits per heavy atom. The second-order valence-corrected chi connectivity index (χ2v) is 10.2. The summed E-state index contributed by atoms with van der Waals surface area (Å²) in [6, 6.07) is 27.4. The summed E-state index contributed by atoms with van der Waals surface area (Å²) in [4.78, 5) is 27.1. The number of anilines is 1. The summed E-state index contributed by atoms with van der Waals surface area (Å²) < 4.78 is 7.02. The van der Waals surface area contributed by atoms with Crippen molar-refractivity contribution in [1.82, 2.24) is 0 Å². The van der Waals surface area contributed by atoms with Crippen molar-refractivity contribution in [3.8, 4) is 5.75 Å². The molecule has 36 heavy (non-hydrogen) atoms. The van der Waals surface area contributed by atoms with Gasteiger partial charge in [0.2, 0.25) is 0 Å². The number of thioether (sulfide) groups is 1. The first kappa shape index (κ1) is 24.1. The van der Waals surface area contributed by atoms with Crippen LogP contribution < -0.4 is 9.64 Å². The quantitative estimate of drug-likeness (QED) is 0.170. The van der Waals surface area contributed by atoms with Gasteiger partial charge in [0.15, 0.2) is 0 Å². The number of fused-ring (bicyclic) bond motifs is 1. The number of allylic oxidation sites excluding steroid dienone is 1. The predicted octanol–water partition coefficient (Wildman–Crippen LogP) is 8.15. The summed E-state index contributed by atoms with van der Waals surface area (Å²) in [5.74, 6) is 0.409. The zero-order valence-corrected chi connectivity index (χ0v) is 21.7. The molecule has 0 N–H and O–H groups in total. The van der Waals surface area contributed by atoms with Crippen LogP contribution in [0.25, 0.3) is 16.8 Å². The Hall–Kier alpha value is -3.61. The van der Waals surface area contributed by atoms with Crippen LogP contribution in [0.2, 0.25) is 0 Å². The van der Waals surface area contributed by atoms with E-state index >= 15 is 0 Å². The number of hydrogen-bond donors (Lipinski definition) is 0. The highest BCUT2D eigenvalue weighted by Crippen LogP contribution is 2.38. The van der Waals surface area contributed by atoms with Gasteiger partial charge < -0.3 is 4.74 Å². The van der Waals surface area contributed by atoms with Crippen LogP contribution in [-0.4, -0.2) is 11.1 Å². The molecule has 178 valence electrons. The van der Waals surface area contributed by atoms with Crippen molar-refractivity contribution >= 4 is 61.4 Å². The Bertz CT molecular complexity index is 1510. The van der Waals surface area contributed by atoms with Crippen LogP contribution >= 0.6 is 27.7 Å². The minimum Gasteiger partial charge on any atom is -0.487 e. The molecule has 6 heteroatoms. The molecule has 1 fully saturated rings. The maximum Gasteiger partial charge on any atom is 0.298 e. The maximum atomic E-state index is 13.0. The van der Waals surface area contributed by atoms with Gasteiger partial charge in [-0.25, -0.2) is 4.90 Å². The SMILES string of the molecule is C=CCc1cc(/C=C2\SC(=O)N(c3ccccc3)C2=O)cc(Br)c1OCc1ccc2ccccc2c1. The molecule has 1 aliphatic rings. The first-order chi connectivity index (χ1) is 17.5. The Morgan fingerprint density at radius 1 is 0.917 bits per heavy atom. The molecule has 4 aromatic carbocycles. The molecule has 4 nitrogen and oxygen atoms in total. The Labute approximate surface area is 222 Å². The van der Waals surface area contributed by atoms with Crippen molar-refractivity contribution in [3.05, 3.63) is 124 Å². The van der Waals surface area contributed by atoms with Gasteiger partial charge in [0.05, 0.1) is 15.1 Å². The van der Waals surface area contributed by atoms with E-state index in [1.54, 1.807) is 30.3 Å². The van der Waals surface area contributed by atoms with E-state index in [0.29, 0.717) is 23.6 Å². The lowest BCUT2D eigenvalue weighted by Crippen LogP contribution is -2.27. The van der Waals surface area contributed by atoms with Crippen LogP contribution in [0.4, 0.5) is 10.5 Å². The van der Waals surface area contributed by atoms with E-state index in [1.165, 1.54) is 15.7 Å². The minimum absolute atomic E-state index is 0.307.